The lowest BCUT2D eigenvalue weighted by molar-refractivity contribution is 0.220. The van der Waals surface area contributed by atoms with E-state index in [-0.39, 0.29) is 0 Å². The third-order valence-corrected chi connectivity index (χ3v) is 3.32. The largest absolute Gasteiger partial charge is 0.311 e. The van der Waals surface area contributed by atoms with E-state index in [0.717, 1.165) is 12.1 Å². The Labute approximate surface area is 89.1 Å². The van der Waals surface area contributed by atoms with Crippen LogP contribution in [-0.2, 0) is 0 Å². The summed E-state index contributed by atoms with van der Waals surface area (Å²) in [7, 11) is 2.22. The first-order valence-electron chi connectivity index (χ1n) is 6.20. The predicted molar refractivity (Wildman–Crippen MR) is 62.6 cm³/mol. The van der Waals surface area contributed by atoms with E-state index < -0.39 is 0 Å². The molecule has 0 spiro atoms. The zero-order chi connectivity index (χ0) is 10.4. The summed E-state index contributed by atoms with van der Waals surface area (Å²) in [6, 6.07) is 1.54. The molecule has 1 N–H and O–H groups in total. The Morgan fingerprint density at radius 3 is 2.43 bits per heavy atom. The van der Waals surface area contributed by atoms with Crippen molar-refractivity contribution in [3.05, 3.63) is 0 Å². The monoisotopic (exact) mass is 198 g/mol. The molecule has 0 bridgehead atoms. The molecule has 14 heavy (non-hydrogen) atoms. The van der Waals surface area contributed by atoms with Gasteiger partial charge in [0, 0.05) is 12.1 Å². The van der Waals surface area contributed by atoms with E-state index in [2.05, 4.69) is 31.1 Å². The summed E-state index contributed by atoms with van der Waals surface area (Å²) in [5.74, 6) is 0. The van der Waals surface area contributed by atoms with Crippen molar-refractivity contribution in [2.24, 2.45) is 0 Å². The molecule has 0 aliphatic carbocycles. The average Bonchev–Trinajstić information content (AvgIpc) is 2.20. The highest BCUT2D eigenvalue weighted by Crippen LogP contribution is 2.11. The third kappa shape index (κ3) is 3.97. The van der Waals surface area contributed by atoms with E-state index in [4.69, 9.17) is 0 Å². The van der Waals surface area contributed by atoms with Crippen LogP contribution in [0, 0.1) is 0 Å². The second-order valence-electron chi connectivity index (χ2n) is 4.64. The van der Waals surface area contributed by atoms with E-state index in [1.54, 1.807) is 0 Å². The topological polar surface area (TPSA) is 15.3 Å². The second-order valence-corrected chi connectivity index (χ2v) is 4.64. The molecule has 2 nitrogen and oxygen atoms in total. The van der Waals surface area contributed by atoms with Crippen LogP contribution in [0.25, 0.3) is 0 Å². The standard InChI is InChI=1S/C12H26N2/c1-4-6-11(5-2)13-12-7-9-14(3)10-8-12/h11-13H,4-10H2,1-3H3. The van der Waals surface area contributed by atoms with Gasteiger partial charge in [-0.1, -0.05) is 20.3 Å². The van der Waals surface area contributed by atoms with Crippen molar-refractivity contribution in [2.45, 2.75) is 58.0 Å². The maximum atomic E-state index is 3.80. The maximum Gasteiger partial charge on any atom is 0.00939 e. The van der Waals surface area contributed by atoms with Crippen LogP contribution in [0.15, 0.2) is 0 Å². The molecule has 84 valence electrons. The molecule has 1 fully saturated rings. The first-order valence-corrected chi connectivity index (χ1v) is 6.20. The van der Waals surface area contributed by atoms with Gasteiger partial charge in [0.2, 0.25) is 0 Å². The number of likely N-dealkylation sites (tertiary alicyclic amines) is 1. The van der Waals surface area contributed by atoms with Crippen LogP contribution in [0.5, 0.6) is 0 Å². The minimum absolute atomic E-state index is 0.758. The van der Waals surface area contributed by atoms with Gasteiger partial charge in [-0.2, -0.15) is 0 Å². The van der Waals surface area contributed by atoms with Gasteiger partial charge in [-0.15, -0.1) is 0 Å². The Kier molecular flexibility index (Phi) is 5.49. The molecule has 0 saturated carbocycles. The normalized spacial score (nSPS) is 22.5. The van der Waals surface area contributed by atoms with Crippen LogP contribution in [0.3, 0.4) is 0 Å². The van der Waals surface area contributed by atoms with Crippen molar-refractivity contribution in [1.29, 1.82) is 0 Å². The number of hydrogen-bond donors (Lipinski definition) is 1. The van der Waals surface area contributed by atoms with Crippen LogP contribution < -0.4 is 5.32 Å². The van der Waals surface area contributed by atoms with E-state index in [0.29, 0.717) is 0 Å². The summed E-state index contributed by atoms with van der Waals surface area (Å²) in [5.41, 5.74) is 0. The minimum atomic E-state index is 0.758. The van der Waals surface area contributed by atoms with Crippen molar-refractivity contribution in [2.75, 3.05) is 20.1 Å². The van der Waals surface area contributed by atoms with Crippen LogP contribution in [0.1, 0.15) is 46.0 Å². The van der Waals surface area contributed by atoms with E-state index in [1.165, 1.54) is 45.2 Å². The average molecular weight is 198 g/mol. The third-order valence-electron chi connectivity index (χ3n) is 3.32. The predicted octanol–water partition coefficient (Wildman–Crippen LogP) is 2.25. The summed E-state index contributed by atoms with van der Waals surface area (Å²) in [6.07, 6.45) is 6.58. The van der Waals surface area contributed by atoms with Gasteiger partial charge in [-0.25, -0.2) is 0 Å². The second kappa shape index (κ2) is 6.41. The van der Waals surface area contributed by atoms with Gasteiger partial charge in [-0.05, 0) is 45.8 Å². The van der Waals surface area contributed by atoms with Crippen molar-refractivity contribution in [3.8, 4) is 0 Å². The molecule has 1 unspecified atom stereocenters. The molecular weight excluding hydrogens is 172 g/mol. The lowest BCUT2D eigenvalue weighted by Crippen LogP contribution is -2.44. The molecule has 2 heteroatoms. The SMILES string of the molecule is CCCC(CC)NC1CCN(C)CC1. The van der Waals surface area contributed by atoms with Crippen molar-refractivity contribution < 1.29 is 0 Å². The fourth-order valence-electron chi connectivity index (χ4n) is 2.26. The van der Waals surface area contributed by atoms with Gasteiger partial charge in [0.15, 0.2) is 0 Å². The number of nitrogens with one attached hydrogen (secondary N) is 1. The summed E-state index contributed by atoms with van der Waals surface area (Å²) < 4.78 is 0. The first kappa shape index (κ1) is 12.0. The molecule has 1 heterocycles. The lowest BCUT2D eigenvalue weighted by atomic mass is 10.0. The smallest absolute Gasteiger partial charge is 0.00939 e. The summed E-state index contributed by atoms with van der Waals surface area (Å²) in [6.45, 7) is 7.10. The first-order chi connectivity index (χ1) is 6.76. The molecule has 0 amide bonds. The van der Waals surface area contributed by atoms with E-state index in [9.17, 15) is 0 Å². The molecule has 1 rings (SSSR count). The van der Waals surface area contributed by atoms with Gasteiger partial charge in [0.25, 0.3) is 0 Å². The fraction of sp³-hybridized carbons (Fsp3) is 1.00. The number of rotatable bonds is 5. The summed E-state index contributed by atoms with van der Waals surface area (Å²) in [5, 5.41) is 3.80. The Hall–Kier alpha value is -0.0800. The molecule has 1 aliphatic rings. The molecule has 0 aromatic rings. The zero-order valence-corrected chi connectivity index (χ0v) is 10.1. The van der Waals surface area contributed by atoms with Crippen LogP contribution >= 0.6 is 0 Å². The molecule has 0 radical (unpaired) electrons. The quantitative estimate of drug-likeness (QED) is 0.729. The highest BCUT2D eigenvalue weighted by Gasteiger charge is 2.18. The van der Waals surface area contributed by atoms with Gasteiger partial charge in [-0.3, -0.25) is 0 Å². The maximum absolute atomic E-state index is 3.80. The number of piperidine rings is 1. The van der Waals surface area contributed by atoms with Crippen molar-refractivity contribution >= 4 is 0 Å². The molecular formula is C12H26N2. The van der Waals surface area contributed by atoms with E-state index >= 15 is 0 Å². The van der Waals surface area contributed by atoms with E-state index in [1.807, 2.05) is 0 Å². The molecule has 1 saturated heterocycles. The van der Waals surface area contributed by atoms with Gasteiger partial charge >= 0.3 is 0 Å². The highest BCUT2D eigenvalue weighted by atomic mass is 15.1. The van der Waals surface area contributed by atoms with Crippen molar-refractivity contribution in [3.63, 3.8) is 0 Å². The molecule has 1 aliphatic heterocycles. The summed E-state index contributed by atoms with van der Waals surface area (Å²) >= 11 is 0. The van der Waals surface area contributed by atoms with Gasteiger partial charge in [0.1, 0.15) is 0 Å². The Bertz CT molecular complexity index is 139. The van der Waals surface area contributed by atoms with Gasteiger partial charge < -0.3 is 10.2 Å². The van der Waals surface area contributed by atoms with Crippen molar-refractivity contribution in [1.82, 2.24) is 10.2 Å². The highest BCUT2D eigenvalue weighted by molar-refractivity contribution is 4.78. The minimum Gasteiger partial charge on any atom is -0.311 e. The fourth-order valence-corrected chi connectivity index (χ4v) is 2.26. The number of nitrogens with zero attached hydrogens (tertiary/aromatic N) is 1. The Balaban J connectivity index is 2.21. The zero-order valence-electron chi connectivity index (χ0n) is 10.1. The molecule has 1 atom stereocenters. The number of hydrogen-bond acceptors (Lipinski definition) is 2. The van der Waals surface area contributed by atoms with Crippen LogP contribution in [0.4, 0.5) is 0 Å². The Morgan fingerprint density at radius 1 is 1.29 bits per heavy atom. The van der Waals surface area contributed by atoms with Gasteiger partial charge in [0.05, 0.1) is 0 Å². The molecule has 0 aromatic heterocycles. The Morgan fingerprint density at radius 2 is 1.93 bits per heavy atom. The van der Waals surface area contributed by atoms with Crippen LogP contribution in [-0.4, -0.2) is 37.1 Å². The van der Waals surface area contributed by atoms with Crippen LogP contribution in [0.2, 0.25) is 0 Å². The molecule has 0 aromatic carbocycles. The summed E-state index contributed by atoms with van der Waals surface area (Å²) in [4.78, 5) is 2.43. The lowest BCUT2D eigenvalue weighted by Gasteiger charge is -2.32.